The van der Waals surface area contributed by atoms with E-state index < -0.39 is 0 Å². The predicted octanol–water partition coefficient (Wildman–Crippen LogP) is 5.00. The maximum atomic E-state index is 5.53. The standard InChI is InChI=1S/C10H20O2.C10H12/c1-2-3-4-5-6-10-9-11-7-8-12-10;1-2-3-4-8-7-9-5-6-10(8)9/h10H,2-9H2,1H3;5-7H,2-4H2,1H3. The minimum Gasteiger partial charge on any atom is -0.376 e. The fraction of sp³-hybridized carbons (Fsp3) is 0.700. The summed E-state index contributed by atoms with van der Waals surface area (Å²) in [6.07, 6.45) is 10.8. The van der Waals surface area contributed by atoms with Gasteiger partial charge in [0, 0.05) is 0 Å². The van der Waals surface area contributed by atoms with Crippen LogP contribution < -0.4 is 0 Å². The van der Waals surface area contributed by atoms with Crippen LogP contribution in [-0.4, -0.2) is 25.9 Å². The molecular formula is C20H32O2. The van der Waals surface area contributed by atoms with Crippen molar-refractivity contribution in [2.24, 2.45) is 0 Å². The van der Waals surface area contributed by atoms with Crippen LogP contribution in [0.4, 0.5) is 0 Å². The fourth-order valence-corrected chi connectivity index (χ4v) is 2.95. The van der Waals surface area contributed by atoms with Gasteiger partial charge in [-0.1, -0.05) is 64.2 Å². The lowest BCUT2D eigenvalue weighted by Crippen LogP contribution is -2.28. The normalized spacial score (nSPS) is 18.5. The van der Waals surface area contributed by atoms with Crippen LogP contribution in [0.5, 0.6) is 0 Å². The Balaban J connectivity index is 0.000000162. The largest absolute Gasteiger partial charge is 0.376 e. The zero-order valence-corrected chi connectivity index (χ0v) is 14.4. The first-order valence-corrected chi connectivity index (χ1v) is 9.17. The predicted molar refractivity (Wildman–Crippen MR) is 92.0 cm³/mol. The van der Waals surface area contributed by atoms with Gasteiger partial charge in [-0.2, -0.15) is 0 Å². The van der Waals surface area contributed by atoms with Crippen LogP contribution in [-0.2, 0) is 15.9 Å². The van der Waals surface area contributed by atoms with E-state index in [2.05, 4.69) is 32.0 Å². The number of unbranched alkanes of at least 4 members (excludes halogenated alkanes) is 4. The van der Waals surface area contributed by atoms with Gasteiger partial charge in [-0.25, -0.2) is 0 Å². The van der Waals surface area contributed by atoms with E-state index in [1.54, 1.807) is 5.56 Å². The van der Waals surface area contributed by atoms with E-state index in [0.717, 1.165) is 19.8 Å². The second-order valence-electron chi connectivity index (χ2n) is 6.39. The van der Waals surface area contributed by atoms with Crippen molar-refractivity contribution in [2.75, 3.05) is 19.8 Å². The second-order valence-corrected chi connectivity index (χ2v) is 6.39. The third-order valence-corrected chi connectivity index (χ3v) is 4.48. The third-order valence-electron chi connectivity index (χ3n) is 4.48. The molecule has 1 atom stereocenters. The molecule has 2 nitrogen and oxygen atoms in total. The van der Waals surface area contributed by atoms with Gasteiger partial charge in [0.15, 0.2) is 0 Å². The molecule has 1 aliphatic heterocycles. The molecule has 0 amide bonds. The van der Waals surface area contributed by atoms with Crippen LogP contribution >= 0.6 is 0 Å². The van der Waals surface area contributed by atoms with E-state index in [0.29, 0.717) is 6.10 Å². The molecule has 0 saturated carbocycles. The average Bonchev–Trinajstić information content (AvgIpc) is 2.54. The van der Waals surface area contributed by atoms with E-state index in [9.17, 15) is 0 Å². The highest BCUT2D eigenvalue weighted by atomic mass is 16.6. The first-order valence-electron chi connectivity index (χ1n) is 9.17. The molecule has 22 heavy (non-hydrogen) atoms. The highest BCUT2D eigenvalue weighted by molar-refractivity contribution is 5.33. The molecule has 0 aromatic heterocycles. The van der Waals surface area contributed by atoms with Gasteiger partial charge in [0.25, 0.3) is 0 Å². The SMILES string of the molecule is CCCCCCC1COCCO1.CCCCc1cc2ccc1=2. The molecular weight excluding hydrogens is 272 g/mol. The zero-order chi connectivity index (χ0) is 15.6. The molecule has 1 saturated heterocycles. The molecule has 1 unspecified atom stereocenters. The molecule has 0 N–H and O–H groups in total. The van der Waals surface area contributed by atoms with Crippen molar-refractivity contribution in [3.05, 3.63) is 34.2 Å². The van der Waals surface area contributed by atoms with Crippen LogP contribution in [0.3, 0.4) is 0 Å². The van der Waals surface area contributed by atoms with Crippen molar-refractivity contribution in [3.8, 4) is 0 Å². The number of benzene rings is 1. The highest BCUT2D eigenvalue weighted by Crippen LogP contribution is 2.17. The van der Waals surface area contributed by atoms with Crippen molar-refractivity contribution in [3.63, 3.8) is 0 Å². The van der Waals surface area contributed by atoms with Crippen LogP contribution in [0.2, 0.25) is 0 Å². The topological polar surface area (TPSA) is 18.5 Å². The lowest BCUT2D eigenvalue weighted by Gasteiger charge is -2.22. The summed E-state index contributed by atoms with van der Waals surface area (Å²) in [5, 5.41) is 3.01. The molecule has 0 bridgehead atoms. The van der Waals surface area contributed by atoms with Gasteiger partial charge in [0.1, 0.15) is 0 Å². The number of ether oxygens (including phenoxy) is 2. The zero-order valence-electron chi connectivity index (χ0n) is 14.4. The Labute approximate surface area is 135 Å². The lowest BCUT2D eigenvalue weighted by atomic mass is 9.95. The van der Waals surface area contributed by atoms with Gasteiger partial charge in [0.2, 0.25) is 0 Å². The van der Waals surface area contributed by atoms with Crippen molar-refractivity contribution in [2.45, 2.75) is 71.3 Å². The summed E-state index contributed by atoms with van der Waals surface area (Å²) in [6, 6.07) is 6.72. The van der Waals surface area contributed by atoms with Gasteiger partial charge in [-0.05, 0) is 35.3 Å². The summed E-state index contributed by atoms with van der Waals surface area (Å²) in [5.74, 6) is 0. The summed E-state index contributed by atoms with van der Waals surface area (Å²) < 4.78 is 10.8. The third kappa shape index (κ3) is 5.40. The Morgan fingerprint density at radius 3 is 2.41 bits per heavy atom. The molecule has 1 fully saturated rings. The molecule has 3 aliphatic rings. The Hall–Kier alpha value is -0.860. The summed E-state index contributed by atoms with van der Waals surface area (Å²) in [6.45, 7) is 6.86. The van der Waals surface area contributed by atoms with Crippen LogP contribution in [0.1, 0.15) is 64.4 Å². The lowest BCUT2D eigenvalue weighted by molar-refractivity contribution is -0.0912. The smallest absolute Gasteiger partial charge is 0.0809 e. The first kappa shape index (κ1) is 17.5. The summed E-state index contributed by atoms with van der Waals surface area (Å²) in [5.41, 5.74) is 1.58. The van der Waals surface area contributed by atoms with E-state index in [-0.39, 0.29) is 0 Å². The van der Waals surface area contributed by atoms with E-state index in [4.69, 9.17) is 9.47 Å². The van der Waals surface area contributed by atoms with Gasteiger partial charge in [-0.15, -0.1) is 0 Å². The molecule has 2 heteroatoms. The van der Waals surface area contributed by atoms with Crippen molar-refractivity contribution in [1.29, 1.82) is 0 Å². The molecule has 3 rings (SSSR count). The minimum absolute atomic E-state index is 0.385. The van der Waals surface area contributed by atoms with Crippen molar-refractivity contribution >= 4 is 0 Å². The van der Waals surface area contributed by atoms with Gasteiger partial charge in [-0.3, -0.25) is 0 Å². The number of rotatable bonds is 8. The molecule has 0 radical (unpaired) electrons. The molecule has 0 aromatic carbocycles. The quantitative estimate of drug-likeness (QED) is 0.639. The Kier molecular flexibility index (Phi) is 7.96. The average molecular weight is 304 g/mol. The van der Waals surface area contributed by atoms with Gasteiger partial charge < -0.3 is 9.47 Å². The molecule has 124 valence electrons. The molecule has 2 aliphatic carbocycles. The number of hydrogen-bond donors (Lipinski definition) is 0. The van der Waals surface area contributed by atoms with Crippen LogP contribution in [0.25, 0.3) is 0 Å². The summed E-state index contributed by atoms with van der Waals surface area (Å²) in [7, 11) is 0. The van der Waals surface area contributed by atoms with Crippen LogP contribution in [0.15, 0.2) is 18.2 Å². The Morgan fingerprint density at radius 1 is 1.00 bits per heavy atom. The fourth-order valence-electron chi connectivity index (χ4n) is 2.95. The summed E-state index contributed by atoms with van der Waals surface area (Å²) >= 11 is 0. The van der Waals surface area contributed by atoms with E-state index in [1.165, 1.54) is 61.8 Å². The van der Waals surface area contributed by atoms with Gasteiger partial charge in [0.05, 0.1) is 25.9 Å². The molecule has 0 aromatic rings. The van der Waals surface area contributed by atoms with Crippen molar-refractivity contribution < 1.29 is 9.47 Å². The first-order chi connectivity index (χ1) is 10.8. The van der Waals surface area contributed by atoms with E-state index >= 15 is 0 Å². The molecule has 0 spiro atoms. The van der Waals surface area contributed by atoms with Crippen LogP contribution in [0, 0.1) is 10.4 Å². The Bertz CT molecular complexity index is 503. The Morgan fingerprint density at radius 2 is 1.86 bits per heavy atom. The minimum atomic E-state index is 0.385. The second kappa shape index (κ2) is 10.0. The highest BCUT2D eigenvalue weighted by Gasteiger charge is 2.12. The molecule has 1 heterocycles. The number of aryl methyl sites for hydroxylation is 1. The monoisotopic (exact) mass is 304 g/mol. The van der Waals surface area contributed by atoms with Crippen molar-refractivity contribution in [1.82, 2.24) is 0 Å². The summed E-state index contributed by atoms with van der Waals surface area (Å²) in [4.78, 5) is 0. The van der Waals surface area contributed by atoms with Gasteiger partial charge >= 0.3 is 0 Å². The maximum Gasteiger partial charge on any atom is 0.0809 e. The van der Waals surface area contributed by atoms with E-state index in [1.807, 2.05) is 0 Å². The maximum absolute atomic E-state index is 5.53. The number of hydrogen-bond acceptors (Lipinski definition) is 2.